The third kappa shape index (κ3) is 4.41. The number of carbonyl (C=O) groups excluding carboxylic acids is 1. The minimum absolute atomic E-state index is 0.228. The number of benzene rings is 2. The number of hydrogen-bond donors (Lipinski definition) is 1. The maximum absolute atomic E-state index is 12.5. The van der Waals surface area contributed by atoms with E-state index in [1.807, 2.05) is 18.2 Å². The molecule has 0 aliphatic carbocycles. The second-order valence-electron chi connectivity index (χ2n) is 7.36. The molecule has 1 N–H and O–H groups in total. The quantitative estimate of drug-likeness (QED) is 0.395. The van der Waals surface area contributed by atoms with Crippen LogP contribution in [0.3, 0.4) is 0 Å². The van der Waals surface area contributed by atoms with Gasteiger partial charge in [0.2, 0.25) is 5.71 Å². The smallest absolute Gasteiger partial charge is 0.287 e. The van der Waals surface area contributed by atoms with Crippen molar-refractivity contribution in [3.8, 4) is 0 Å². The molecule has 0 aliphatic rings. The molecule has 2 aromatic heterocycles. The van der Waals surface area contributed by atoms with Crippen molar-refractivity contribution in [2.75, 3.05) is 24.5 Å². The van der Waals surface area contributed by atoms with Gasteiger partial charge < -0.3 is 14.6 Å². The number of nitrogens with one attached hydrogen (secondary N) is 1. The molecule has 6 heteroatoms. The predicted octanol–water partition coefficient (Wildman–Crippen LogP) is 5.59. The summed E-state index contributed by atoms with van der Waals surface area (Å²) < 4.78 is 5.68. The third-order valence-corrected chi connectivity index (χ3v) is 5.36. The molecule has 0 spiro atoms. The van der Waals surface area contributed by atoms with Crippen molar-refractivity contribution in [3.05, 3.63) is 70.9 Å². The van der Waals surface area contributed by atoms with E-state index >= 15 is 0 Å². The lowest BCUT2D eigenvalue weighted by Crippen LogP contribution is -2.29. The Labute approximate surface area is 180 Å². The first-order chi connectivity index (χ1) is 14.5. The van der Waals surface area contributed by atoms with E-state index in [4.69, 9.17) is 16.0 Å². The highest BCUT2D eigenvalue weighted by atomic mass is 35.5. The number of aromatic nitrogens is 1. The number of nitrogens with zero attached hydrogens (tertiary/aromatic N) is 2. The zero-order valence-corrected chi connectivity index (χ0v) is 17.9. The summed E-state index contributed by atoms with van der Waals surface area (Å²) in [5.74, 6) is 0.0404. The van der Waals surface area contributed by atoms with Crippen LogP contribution in [0.1, 0.15) is 29.5 Å². The van der Waals surface area contributed by atoms with E-state index in [0.29, 0.717) is 17.3 Å². The molecule has 0 aliphatic heterocycles. The second-order valence-corrected chi connectivity index (χ2v) is 7.79. The zero-order chi connectivity index (χ0) is 21.1. The van der Waals surface area contributed by atoms with Crippen LogP contribution in [0.2, 0.25) is 5.02 Å². The van der Waals surface area contributed by atoms with Crippen molar-refractivity contribution < 1.29 is 9.21 Å². The highest BCUT2D eigenvalue weighted by Crippen LogP contribution is 2.25. The van der Waals surface area contributed by atoms with Gasteiger partial charge >= 0.3 is 0 Å². The number of pyridine rings is 1. The van der Waals surface area contributed by atoms with Crippen LogP contribution in [0.5, 0.6) is 0 Å². The van der Waals surface area contributed by atoms with Crippen LogP contribution in [0, 0.1) is 6.92 Å². The van der Waals surface area contributed by atoms with Crippen LogP contribution in [0.15, 0.2) is 59.0 Å². The zero-order valence-electron chi connectivity index (χ0n) is 17.1. The first-order valence-electron chi connectivity index (χ1n) is 10.1. The van der Waals surface area contributed by atoms with Crippen LogP contribution in [0.25, 0.3) is 22.0 Å². The second kappa shape index (κ2) is 8.76. The molecule has 2 aromatic carbocycles. The normalized spacial score (nSPS) is 11.2. The number of anilines is 1. The maximum atomic E-state index is 12.5. The summed E-state index contributed by atoms with van der Waals surface area (Å²) in [6.07, 6.45) is 0.842. The van der Waals surface area contributed by atoms with Gasteiger partial charge in [-0.25, -0.2) is 4.98 Å². The first-order valence-corrected chi connectivity index (χ1v) is 10.5. The van der Waals surface area contributed by atoms with Crippen molar-refractivity contribution in [1.82, 2.24) is 10.3 Å². The number of hydrogen-bond acceptors (Lipinski definition) is 4. The molecular weight excluding hydrogens is 398 g/mol. The number of rotatable bonds is 7. The standard InChI is InChI=1S/C24H24ClN3O2/c1-3-28(20-7-4-6-16(2)12-20)11-5-10-26-23(29)22-14-18-13-17-8-9-19(25)15-21(17)27-24(18)30-22/h4,6-9,12-15H,3,5,10-11H2,1-2H3,(H,26,29). The number of halogens is 1. The summed E-state index contributed by atoms with van der Waals surface area (Å²) >= 11 is 6.04. The van der Waals surface area contributed by atoms with E-state index < -0.39 is 0 Å². The van der Waals surface area contributed by atoms with Gasteiger partial charge in [-0.05, 0) is 62.2 Å². The molecule has 2 heterocycles. The molecular formula is C24H24ClN3O2. The molecule has 0 unspecified atom stereocenters. The third-order valence-electron chi connectivity index (χ3n) is 5.13. The Kier molecular flexibility index (Phi) is 5.91. The van der Waals surface area contributed by atoms with Gasteiger partial charge in [0.15, 0.2) is 5.76 Å². The van der Waals surface area contributed by atoms with Crippen molar-refractivity contribution in [1.29, 1.82) is 0 Å². The van der Waals surface area contributed by atoms with Crippen molar-refractivity contribution >= 4 is 45.2 Å². The fourth-order valence-electron chi connectivity index (χ4n) is 3.56. The Balaban J connectivity index is 1.37. The predicted molar refractivity (Wildman–Crippen MR) is 123 cm³/mol. The summed E-state index contributed by atoms with van der Waals surface area (Å²) in [6.45, 7) is 6.60. The largest absolute Gasteiger partial charge is 0.433 e. The molecule has 154 valence electrons. The molecule has 0 radical (unpaired) electrons. The van der Waals surface area contributed by atoms with Crippen molar-refractivity contribution in [2.45, 2.75) is 20.3 Å². The maximum Gasteiger partial charge on any atom is 0.287 e. The van der Waals surface area contributed by atoms with Crippen LogP contribution in [-0.2, 0) is 0 Å². The summed E-state index contributed by atoms with van der Waals surface area (Å²) in [6, 6.07) is 17.7. The van der Waals surface area contributed by atoms with E-state index in [9.17, 15) is 4.79 Å². The Morgan fingerprint density at radius 3 is 2.80 bits per heavy atom. The van der Waals surface area contributed by atoms with Crippen LogP contribution >= 0.6 is 11.6 Å². The highest BCUT2D eigenvalue weighted by Gasteiger charge is 2.14. The Hall–Kier alpha value is -3.05. The van der Waals surface area contributed by atoms with E-state index in [1.54, 1.807) is 12.1 Å². The molecule has 0 saturated carbocycles. The van der Waals surface area contributed by atoms with Crippen LogP contribution < -0.4 is 10.2 Å². The number of carbonyl (C=O) groups is 1. The summed E-state index contributed by atoms with van der Waals surface area (Å²) in [4.78, 5) is 19.3. The molecule has 0 atom stereocenters. The Morgan fingerprint density at radius 2 is 2.00 bits per heavy atom. The van der Waals surface area contributed by atoms with Crippen LogP contribution in [-0.4, -0.2) is 30.5 Å². The average Bonchev–Trinajstić information content (AvgIpc) is 3.15. The number of amides is 1. The van der Waals surface area contributed by atoms with E-state index in [-0.39, 0.29) is 11.7 Å². The summed E-state index contributed by atoms with van der Waals surface area (Å²) in [5, 5.41) is 5.31. The van der Waals surface area contributed by atoms with Gasteiger partial charge in [-0.15, -0.1) is 0 Å². The van der Waals surface area contributed by atoms with E-state index in [0.717, 1.165) is 35.8 Å². The number of furan rings is 1. The minimum atomic E-state index is -0.228. The van der Waals surface area contributed by atoms with Gasteiger partial charge in [0.1, 0.15) is 0 Å². The SMILES string of the molecule is CCN(CCCNC(=O)c1cc2cc3ccc(Cl)cc3nc2o1)c1cccc(C)c1. The fraction of sp³-hybridized carbons (Fsp3) is 0.250. The van der Waals surface area contributed by atoms with Gasteiger partial charge in [0, 0.05) is 41.1 Å². The van der Waals surface area contributed by atoms with Crippen LogP contribution in [0.4, 0.5) is 5.69 Å². The lowest BCUT2D eigenvalue weighted by Gasteiger charge is -2.23. The van der Waals surface area contributed by atoms with Gasteiger partial charge in [0.05, 0.1) is 5.52 Å². The van der Waals surface area contributed by atoms with E-state index in [2.05, 4.69) is 53.3 Å². The van der Waals surface area contributed by atoms with Crippen molar-refractivity contribution in [3.63, 3.8) is 0 Å². The van der Waals surface area contributed by atoms with Gasteiger partial charge in [-0.1, -0.05) is 29.8 Å². The van der Waals surface area contributed by atoms with E-state index in [1.165, 1.54) is 11.3 Å². The minimum Gasteiger partial charge on any atom is -0.433 e. The van der Waals surface area contributed by atoms with Crippen molar-refractivity contribution in [2.24, 2.45) is 0 Å². The summed E-state index contributed by atoms with van der Waals surface area (Å²) in [5.41, 5.74) is 3.63. The molecule has 4 rings (SSSR count). The molecule has 0 fully saturated rings. The average molecular weight is 422 g/mol. The summed E-state index contributed by atoms with van der Waals surface area (Å²) in [7, 11) is 0. The fourth-order valence-corrected chi connectivity index (χ4v) is 3.73. The lowest BCUT2D eigenvalue weighted by molar-refractivity contribution is 0.0927. The molecule has 5 nitrogen and oxygen atoms in total. The Morgan fingerprint density at radius 1 is 1.13 bits per heavy atom. The molecule has 1 amide bonds. The molecule has 0 bridgehead atoms. The van der Waals surface area contributed by atoms with Gasteiger partial charge in [-0.3, -0.25) is 4.79 Å². The number of aryl methyl sites for hydroxylation is 1. The lowest BCUT2D eigenvalue weighted by atomic mass is 10.2. The highest BCUT2D eigenvalue weighted by molar-refractivity contribution is 6.31. The monoisotopic (exact) mass is 421 g/mol. The molecule has 30 heavy (non-hydrogen) atoms. The Bertz CT molecular complexity index is 1200. The molecule has 0 saturated heterocycles. The molecule has 4 aromatic rings. The van der Waals surface area contributed by atoms with Gasteiger partial charge in [-0.2, -0.15) is 0 Å². The van der Waals surface area contributed by atoms with Gasteiger partial charge in [0.25, 0.3) is 5.91 Å². The topological polar surface area (TPSA) is 58.4 Å². The number of fused-ring (bicyclic) bond motifs is 2. The first kappa shape index (κ1) is 20.2.